The first-order chi connectivity index (χ1) is 6.09. The topological polar surface area (TPSA) is 13.1 Å². The normalized spacial score (nSPS) is 11.1. The van der Waals surface area contributed by atoms with Crippen LogP contribution < -0.4 is 0 Å². The van der Waals surface area contributed by atoms with Crippen molar-refractivity contribution in [1.29, 1.82) is 0 Å². The minimum atomic E-state index is -0.247. The second-order valence-electron chi connectivity index (χ2n) is 3.05. The van der Waals surface area contributed by atoms with Gasteiger partial charge in [0.2, 0.25) is 0 Å². The van der Waals surface area contributed by atoms with E-state index in [4.69, 9.17) is 4.42 Å². The first-order valence-corrected chi connectivity index (χ1v) is 4.73. The van der Waals surface area contributed by atoms with E-state index in [1.54, 1.807) is 0 Å². The maximum absolute atomic E-state index is 13.0. The van der Waals surface area contributed by atoms with Crippen LogP contribution in [0.2, 0.25) is 0 Å². The van der Waals surface area contributed by atoms with Gasteiger partial charge in [-0.3, -0.25) is 0 Å². The van der Waals surface area contributed by atoms with Gasteiger partial charge in [0.05, 0.1) is 4.47 Å². The molecule has 0 saturated carbocycles. The molecule has 2 rings (SSSR count). The Morgan fingerprint density at radius 2 is 2.00 bits per heavy atom. The number of benzene rings is 1. The summed E-state index contributed by atoms with van der Waals surface area (Å²) < 4.78 is 19.2. The zero-order valence-electron chi connectivity index (χ0n) is 7.32. The number of rotatable bonds is 0. The van der Waals surface area contributed by atoms with Crippen molar-refractivity contribution in [2.75, 3.05) is 0 Å². The van der Waals surface area contributed by atoms with E-state index >= 15 is 0 Å². The van der Waals surface area contributed by atoms with Gasteiger partial charge in [0, 0.05) is 5.39 Å². The van der Waals surface area contributed by atoms with Crippen molar-refractivity contribution in [2.24, 2.45) is 0 Å². The van der Waals surface area contributed by atoms with Crippen molar-refractivity contribution >= 4 is 26.9 Å². The summed E-state index contributed by atoms with van der Waals surface area (Å²) in [6.07, 6.45) is 0. The van der Waals surface area contributed by atoms with Crippen LogP contribution >= 0.6 is 15.9 Å². The van der Waals surface area contributed by atoms with E-state index in [2.05, 4.69) is 15.9 Å². The molecule has 0 radical (unpaired) electrons. The Hall–Kier alpha value is -0.830. The molecule has 0 spiro atoms. The molecule has 0 bridgehead atoms. The monoisotopic (exact) mass is 242 g/mol. The Morgan fingerprint density at radius 1 is 1.31 bits per heavy atom. The zero-order valence-corrected chi connectivity index (χ0v) is 8.90. The molecule has 0 N–H and O–H groups in total. The molecule has 0 aliphatic heterocycles. The molecule has 3 heteroatoms. The summed E-state index contributed by atoms with van der Waals surface area (Å²) in [5.74, 6) is 0.588. The summed E-state index contributed by atoms with van der Waals surface area (Å²) in [7, 11) is 0. The van der Waals surface area contributed by atoms with Crippen molar-refractivity contribution in [3.8, 4) is 0 Å². The van der Waals surface area contributed by atoms with Gasteiger partial charge in [-0.25, -0.2) is 4.39 Å². The van der Waals surface area contributed by atoms with Crippen molar-refractivity contribution in [3.63, 3.8) is 0 Å². The molecular weight excluding hydrogens is 235 g/mol. The molecule has 0 aliphatic rings. The predicted molar refractivity (Wildman–Crippen MR) is 53.3 cm³/mol. The molecule has 1 aromatic carbocycles. The second-order valence-corrected chi connectivity index (χ2v) is 3.90. The Bertz CT molecular complexity index is 473. The van der Waals surface area contributed by atoms with E-state index in [1.165, 1.54) is 12.1 Å². The minimum Gasteiger partial charge on any atom is -0.460 e. The minimum absolute atomic E-state index is 0.247. The fraction of sp³-hybridized carbons (Fsp3) is 0.200. The predicted octanol–water partition coefficient (Wildman–Crippen LogP) is 3.95. The quantitative estimate of drug-likeness (QED) is 0.682. The lowest BCUT2D eigenvalue weighted by Gasteiger charge is -1.93. The van der Waals surface area contributed by atoms with Gasteiger partial charge in [-0.1, -0.05) is 0 Å². The number of hydrogen-bond acceptors (Lipinski definition) is 1. The summed E-state index contributed by atoms with van der Waals surface area (Å²) in [5, 5.41) is 0.837. The third-order valence-electron chi connectivity index (χ3n) is 2.20. The highest BCUT2D eigenvalue weighted by atomic mass is 79.9. The molecule has 1 nitrogen and oxygen atoms in total. The number of fused-ring (bicyclic) bond motifs is 1. The van der Waals surface area contributed by atoms with Crippen molar-refractivity contribution < 1.29 is 8.81 Å². The van der Waals surface area contributed by atoms with Crippen LogP contribution in [0.4, 0.5) is 4.39 Å². The first kappa shape index (κ1) is 8.75. The maximum Gasteiger partial charge on any atom is 0.148 e. The van der Waals surface area contributed by atoms with Gasteiger partial charge in [0.15, 0.2) is 0 Å². The smallest absolute Gasteiger partial charge is 0.148 e. The lowest BCUT2D eigenvalue weighted by Crippen LogP contribution is -1.76. The number of aryl methyl sites for hydroxylation is 2. The van der Waals surface area contributed by atoms with Crippen LogP contribution in [0.15, 0.2) is 21.0 Å². The highest BCUT2D eigenvalue weighted by Crippen LogP contribution is 2.31. The Labute approximate surface area is 83.7 Å². The molecule has 0 amide bonds. The molecule has 13 heavy (non-hydrogen) atoms. The largest absolute Gasteiger partial charge is 0.460 e. The van der Waals surface area contributed by atoms with Crippen LogP contribution in [0.3, 0.4) is 0 Å². The van der Waals surface area contributed by atoms with Crippen molar-refractivity contribution in [3.05, 3.63) is 33.7 Å². The Morgan fingerprint density at radius 3 is 2.69 bits per heavy atom. The Balaban J connectivity index is 2.94. The fourth-order valence-corrected chi connectivity index (χ4v) is 1.88. The molecule has 0 unspecified atom stereocenters. The van der Waals surface area contributed by atoms with Crippen LogP contribution in [0.1, 0.15) is 11.3 Å². The summed E-state index contributed by atoms with van der Waals surface area (Å²) in [5.41, 5.74) is 1.71. The second kappa shape index (κ2) is 2.84. The van der Waals surface area contributed by atoms with E-state index in [1.807, 2.05) is 13.8 Å². The maximum atomic E-state index is 13.0. The molecule has 0 aliphatic carbocycles. The lowest BCUT2D eigenvalue weighted by atomic mass is 10.1. The zero-order chi connectivity index (χ0) is 9.59. The van der Waals surface area contributed by atoms with Gasteiger partial charge in [0.25, 0.3) is 0 Å². The van der Waals surface area contributed by atoms with Crippen molar-refractivity contribution in [1.82, 2.24) is 0 Å². The van der Waals surface area contributed by atoms with E-state index in [0.717, 1.165) is 22.3 Å². The van der Waals surface area contributed by atoms with E-state index in [9.17, 15) is 4.39 Å². The molecule has 2 aromatic rings. The highest BCUT2D eigenvalue weighted by Gasteiger charge is 2.10. The fourth-order valence-electron chi connectivity index (χ4n) is 1.36. The third kappa shape index (κ3) is 1.27. The van der Waals surface area contributed by atoms with Crippen LogP contribution in [0.5, 0.6) is 0 Å². The molecule has 1 heterocycles. The number of hydrogen-bond donors (Lipinski definition) is 0. The lowest BCUT2D eigenvalue weighted by molar-refractivity contribution is 0.571. The first-order valence-electron chi connectivity index (χ1n) is 3.94. The van der Waals surface area contributed by atoms with Crippen LogP contribution in [0, 0.1) is 19.7 Å². The van der Waals surface area contributed by atoms with Crippen LogP contribution in [-0.2, 0) is 0 Å². The number of furan rings is 1. The highest BCUT2D eigenvalue weighted by molar-refractivity contribution is 9.10. The van der Waals surface area contributed by atoms with Crippen LogP contribution in [-0.4, -0.2) is 0 Å². The van der Waals surface area contributed by atoms with E-state index in [0.29, 0.717) is 4.47 Å². The molecule has 0 fully saturated rings. The molecular formula is C10H8BrFO. The summed E-state index contributed by atoms with van der Waals surface area (Å²) in [6.45, 7) is 3.80. The van der Waals surface area contributed by atoms with Gasteiger partial charge in [0.1, 0.15) is 17.2 Å². The van der Waals surface area contributed by atoms with Crippen LogP contribution in [0.25, 0.3) is 11.0 Å². The van der Waals surface area contributed by atoms with Gasteiger partial charge in [-0.15, -0.1) is 0 Å². The standard InChI is InChI=1S/C10H8BrFO/c1-5-6(2)13-10-8(5)3-7(12)4-9(10)11/h3-4H,1-2H3. The summed E-state index contributed by atoms with van der Waals surface area (Å²) in [4.78, 5) is 0. The molecule has 1 aromatic heterocycles. The van der Waals surface area contributed by atoms with Crippen molar-refractivity contribution in [2.45, 2.75) is 13.8 Å². The van der Waals surface area contributed by atoms with E-state index < -0.39 is 0 Å². The molecule has 0 saturated heterocycles. The van der Waals surface area contributed by atoms with Gasteiger partial charge >= 0.3 is 0 Å². The van der Waals surface area contributed by atoms with Gasteiger partial charge < -0.3 is 4.42 Å². The third-order valence-corrected chi connectivity index (χ3v) is 2.78. The summed E-state index contributed by atoms with van der Waals surface area (Å²) in [6, 6.07) is 2.90. The SMILES string of the molecule is Cc1oc2c(Br)cc(F)cc2c1C. The number of halogens is 2. The molecule has 68 valence electrons. The Kier molecular flexibility index (Phi) is 1.91. The summed E-state index contributed by atoms with van der Waals surface area (Å²) >= 11 is 3.26. The average Bonchev–Trinajstić information content (AvgIpc) is 2.32. The van der Waals surface area contributed by atoms with Gasteiger partial charge in [-0.2, -0.15) is 0 Å². The van der Waals surface area contributed by atoms with Gasteiger partial charge in [-0.05, 0) is 47.5 Å². The average molecular weight is 243 g/mol. The molecule has 0 atom stereocenters. The van der Waals surface area contributed by atoms with E-state index in [-0.39, 0.29) is 5.82 Å².